The number of nitrogens with zero attached hydrogens (tertiary/aromatic N) is 1. The zero-order valence-electron chi connectivity index (χ0n) is 10.9. The van der Waals surface area contributed by atoms with Crippen LogP contribution in [-0.2, 0) is 0 Å². The minimum absolute atomic E-state index is 0.597. The average Bonchev–Trinajstić information content (AvgIpc) is 2.84. The Morgan fingerprint density at radius 1 is 1.28 bits per heavy atom. The van der Waals surface area contributed by atoms with Crippen molar-refractivity contribution in [3.63, 3.8) is 0 Å². The molecule has 0 unspecified atom stereocenters. The van der Waals surface area contributed by atoms with Crippen molar-refractivity contribution in [3.05, 3.63) is 29.6 Å². The zero-order chi connectivity index (χ0) is 12.5. The summed E-state index contributed by atoms with van der Waals surface area (Å²) in [5, 5.41) is 0. The first-order chi connectivity index (χ1) is 8.78. The molecular formula is C15H21N3. The highest BCUT2D eigenvalue weighted by Gasteiger charge is 2.23. The van der Waals surface area contributed by atoms with Gasteiger partial charge in [0.2, 0.25) is 0 Å². The maximum Gasteiger partial charge on any atom is 0.110 e. The van der Waals surface area contributed by atoms with Crippen molar-refractivity contribution in [3.8, 4) is 0 Å². The molecule has 3 N–H and O–H groups in total. The van der Waals surface area contributed by atoms with Gasteiger partial charge in [-0.2, -0.15) is 0 Å². The van der Waals surface area contributed by atoms with Crippen molar-refractivity contribution in [1.82, 2.24) is 9.97 Å². The normalized spacial score (nSPS) is 24.6. The Balaban J connectivity index is 1.85. The number of rotatable bonds is 2. The molecule has 1 aromatic carbocycles. The fraction of sp³-hybridized carbons (Fsp3) is 0.533. The van der Waals surface area contributed by atoms with Gasteiger partial charge < -0.3 is 10.7 Å². The van der Waals surface area contributed by atoms with Gasteiger partial charge in [-0.3, -0.25) is 0 Å². The summed E-state index contributed by atoms with van der Waals surface area (Å²) in [5.74, 6) is 2.50. The van der Waals surface area contributed by atoms with Gasteiger partial charge in [0, 0.05) is 5.92 Å². The van der Waals surface area contributed by atoms with E-state index in [4.69, 9.17) is 10.7 Å². The van der Waals surface area contributed by atoms with E-state index in [-0.39, 0.29) is 0 Å². The number of hydrogen-bond donors (Lipinski definition) is 2. The van der Waals surface area contributed by atoms with E-state index in [2.05, 4.69) is 30.1 Å². The highest BCUT2D eigenvalue weighted by Crippen LogP contribution is 2.35. The van der Waals surface area contributed by atoms with Crippen molar-refractivity contribution in [1.29, 1.82) is 0 Å². The van der Waals surface area contributed by atoms with E-state index in [0.717, 1.165) is 18.0 Å². The number of imidazole rings is 1. The van der Waals surface area contributed by atoms with E-state index in [9.17, 15) is 0 Å². The van der Waals surface area contributed by atoms with Crippen LogP contribution in [0.5, 0.6) is 0 Å². The Morgan fingerprint density at radius 2 is 2.06 bits per heavy atom. The molecule has 1 aliphatic carbocycles. The molecule has 0 aliphatic heterocycles. The Morgan fingerprint density at radius 3 is 2.72 bits per heavy atom. The number of nitrogens with two attached hydrogens (primary N) is 1. The quantitative estimate of drug-likeness (QED) is 0.851. The lowest BCUT2D eigenvalue weighted by Crippen LogP contribution is -2.21. The predicted octanol–water partition coefficient (Wildman–Crippen LogP) is 3.10. The molecule has 2 aromatic rings. The Bertz CT molecular complexity index is 536. The van der Waals surface area contributed by atoms with Crippen molar-refractivity contribution >= 4 is 11.0 Å². The van der Waals surface area contributed by atoms with E-state index in [1.165, 1.54) is 42.6 Å². The highest BCUT2D eigenvalue weighted by atomic mass is 14.9. The predicted molar refractivity (Wildman–Crippen MR) is 74.6 cm³/mol. The Hall–Kier alpha value is -1.35. The van der Waals surface area contributed by atoms with Gasteiger partial charge in [-0.25, -0.2) is 4.98 Å². The molecule has 1 saturated carbocycles. The highest BCUT2D eigenvalue weighted by molar-refractivity contribution is 5.78. The maximum atomic E-state index is 5.75. The van der Waals surface area contributed by atoms with Crippen LogP contribution >= 0.6 is 0 Å². The number of H-pyrrole nitrogens is 1. The first kappa shape index (κ1) is 11.7. The third kappa shape index (κ3) is 2.03. The van der Waals surface area contributed by atoms with Crippen LogP contribution in [0.2, 0.25) is 0 Å². The molecule has 3 heteroatoms. The Labute approximate surface area is 108 Å². The number of nitrogens with one attached hydrogen (secondary N) is 1. The van der Waals surface area contributed by atoms with E-state index >= 15 is 0 Å². The van der Waals surface area contributed by atoms with E-state index < -0.39 is 0 Å². The third-order valence-electron chi connectivity index (χ3n) is 4.30. The minimum Gasteiger partial charge on any atom is -0.342 e. The van der Waals surface area contributed by atoms with Crippen LogP contribution in [0.3, 0.4) is 0 Å². The van der Waals surface area contributed by atoms with Crippen molar-refractivity contribution in [2.45, 2.75) is 38.5 Å². The first-order valence-corrected chi connectivity index (χ1v) is 6.93. The van der Waals surface area contributed by atoms with Gasteiger partial charge in [-0.15, -0.1) is 0 Å². The topological polar surface area (TPSA) is 54.7 Å². The van der Waals surface area contributed by atoms with Crippen LogP contribution in [0.25, 0.3) is 11.0 Å². The van der Waals surface area contributed by atoms with Crippen LogP contribution in [0.15, 0.2) is 18.2 Å². The molecule has 96 valence electrons. The summed E-state index contributed by atoms with van der Waals surface area (Å²) in [6, 6.07) is 6.33. The van der Waals surface area contributed by atoms with Gasteiger partial charge in [0.15, 0.2) is 0 Å². The summed E-state index contributed by atoms with van der Waals surface area (Å²) in [6.45, 7) is 2.96. The largest absolute Gasteiger partial charge is 0.342 e. The molecule has 1 aromatic heterocycles. The van der Waals surface area contributed by atoms with Gasteiger partial charge in [-0.05, 0) is 56.7 Å². The number of aromatic amines is 1. The molecule has 1 fully saturated rings. The van der Waals surface area contributed by atoms with Crippen molar-refractivity contribution in [2.75, 3.05) is 6.54 Å². The van der Waals surface area contributed by atoms with E-state index in [1.807, 2.05) is 0 Å². The molecule has 1 aliphatic rings. The first-order valence-electron chi connectivity index (χ1n) is 6.93. The lowest BCUT2D eigenvalue weighted by Gasteiger charge is -2.26. The smallest absolute Gasteiger partial charge is 0.110 e. The maximum absolute atomic E-state index is 5.75. The van der Waals surface area contributed by atoms with Gasteiger partial charge >= 0.3 is 0 Å². The molecule has 0 atom stereocenters. The average molecular weight is 243 g/mol. The molecule has 1 heterocycles. The number of fused-ring (bicyclic) bond motifs is 1. The second kappa shape index (κ2) is 4.73. The van der Waals surface area contributed by atoms with Gasteiger partial charge in [-0.1, -0.05) is 12.1 Å². The fourth-order valence-electron chi connectivity index (χ4n) is 3.06. The number of aryl methyl sites for hydroxylation is 1. The summed E-state index contributed by atoms with van der Waals surface area (Å²) >= 11 is 0. The van der Waals surface area contributed by atoms with E-state index in [1.54, 1.807) is 0 Å². The van der Waals surface area contributed by atoms with Gasteiger partial charge in [0.1, 0.15) is 5.82 Å². The number of aromatic nitrogens is 2. The Kier molecular flexibility index (Phi) is 3.08. The monoisotopic (exact) mass is 243 g/mol. The zero-order valence-corrected chi connectivity index (χ0v) is 10.9. The lowest BCUT2D eigenvalue weighted by molar-refractivity contribution is 0.326. The second-order valence-electron chi connectivity index (χ2n) is 5.55. The molecule has 0 radical (unpaired) electrons. The van der Waals surface area contributed by atoms with E-state index in [0.29, 0.717) is 5.92 Å². The van der Waals surface area contributed by atoms with Crippen LogP contribution in [0, 0.1) is 12.8 Å². The number of benzene rings is 1. The molecule has 3 rings (SSSR count). The number of hydrogen-bond acceptors (Lipinski definition) is 2. The molecule has 0 spiro atoms. The standard InChI is InChI=1S/C15H21N3/c1-10-3-2-4-13-14(10)18-15(17-13)12-7-5-11(9-16)6-8-12/h2-4,11-12H,5-9,16H2,1H3,(H,17,18). The SMILES string of the molecule is Cc1cccc2[nH]c(C3CCC(CN)CC3)nc12. The summed E-state index contributed by atoms with van der Waals surface area (Å²) in [4.78, 5) is 8.30. The molecule has 3 nitrogen and oxygen atoms in total. The summed E-state index contributed by atoms with van der Waals surface area (Å²) in [7, 11) is 0. The lowest BCUT2D eigenvalue weighted by atomic mass is 9.82. The minimum atomic E-state index is 0.597. The van der Waals surface area contributed by atoms with Crippen molar-refractivity contribution in [2.24, 2.45) is 11.7 Å². The summed E-state index contributed by atoms with van der Waals surface area (Å²) in [6.07, 6.45) is 4.94. The fourth-order valence-corrected chi connectivity index (χ4v) is 3.06. The van der Waals surface area contributed by atoms with Crippen LogP contribution in [0.1, 0.15) is 43.0 Å². The molecule has 0 saturated heterocycles. The molecule has 0 amide bonds. The van der Waals surface area contributed by atoms with Crippen LogP contribution < -0.4 is 5.73 Å². The van der Waals surface area contributed by atoms with Crippen LogP contribution in [0.4, 0.5) is 0 Å². The summed E-state index contributed by atoms with van der Waals surface area (Å²) in [5.41, 5.74) is 9.31. The molecule has 0 bridgehead atoms. The van der Waals surface area contributed by atoms with Gasteiger partial charge in [0.25, 0.3) is 0 Å². The van der Waals surface area contributed by atoms with Crippen molar-refractivity contribution < 1.29 is 0 Å². The van der Waals surface area contributed by atoms with Crippen LogP contribution in [-0.4, -0.2) is 16.5 Å². The molecule has 18 heavy (non-hydrogen) atoms. The van der Waals surface area contributed by atoms with Gasteiger partial charge in [0.05, 0.1) is 11.0 Å². The molecular weight excluding hydrogens is 222 g/mol. The number of para-hydroxylation sites is 1. The summed E-state index contributed by atoms with van der Waals surface area (Å²) < 4.78 is 0. The second-order valence-corrected chi connectivity index (χ2v) is 5.55. The third-order valence-corrected chi connectivity index (χ3v) is 4.30.